The highest BCUT2D eigenvalue weighted by Gasteiger charge is 2.54. The molecule has 8 rings (SSSR count). The fourth-order valence-corrected chi connectivity index (χ4v) is 10.5. The van der Waals surface area contributed by atoms with Gasteiger partial charge in [0.2, 0.25) is 0 Å². The molecule has 26 heteroatoms. The Labute approximate surface area is 417 Å². The van der Waals surface area contributed by atoms with E-state index in [1.54, 1.807) is 59.5 Å². The second-order valence-electron chi connectivity index (χ2n) is 17.4. The number of amides is 3. The van der Waals surface area contributed by atoms with Crippen molar-refractivity contribution < 1.29 is 101 Å². The van der Waals surface area contributed by atoms with E-state index < -0.39 is 82.3 Å². The van der Waals surface area contributed by atoms with Gasteiger partial charge in [0.15, 0.2) is 17.1 Å². The summed E-state index contributed by atoms with van der Waals surface area (Å²) in [5.74, 6) is -0.751. The van der Waals surface area contributed by atoms with Gasteiger partial charge in [0.25, 0.3) is 0 Å². The molecule has 1 saturated heterocycles. The topological polar surface area (TPSA) is 349 Å². The zero-order chi connectivity index (χ0) is 52.1. The molecule has 8 atom stereocenters. The Hall–Kier alpha value is -5.69. The van der Waals surface area contributed by atoms with E-state index in [4.69, 9.17) is 32.7 Å². The van der Waals surface area contributed by atoms with Crippen LogP contribution in [-0.2, 0) is 49.5 Å². The number of phosphoric ester groups is 2. The zero-order valence-electron chi connectivity index (χ0n) is 39.0. The van der Waals surface area contributed by atoms with Crippen molar-refractivity contribution in [2.24, 2.45) is 0 Å². The SMILES string of the molecule is CCCCCCCCOc1cc(COC(=O)Nc2ccc3c(c2)Oc2cc(NC(=O)N4CCOCC4)ccc2C32OC(=O)c3ccccc32)ccc1OP(=O)([O-])O[C@@H]1[C@H](O)[C@H](O)[C@@H](O[O-])[C@H](OP(=O)([O-])[O-])[C@H]1O. The molecular weight excluding hydrogens is 1000 g/mol. The van der Waals surface area contributed by atoms with Crippen molar-refractivity contribution in [3.05, 3.63) is 107 Å². The van der Waals surface area contributed by atoms with E-state index in [0.29, 0.717) is 60.7 Å². The number of ether oxygens (including phenoxy) is 5. The van der Waals surface area contributed by atoms with Gasteiger partial charge in [-0.3, -0.25) is 9.88 Å². The molecule has 0 aromatic heterocycles. The van der Waals surface area contributed by atoms with Crippen LogP contribution in [0.4, 0.5) is 21.0 Å². The lowest BCUT2D eigenvalue weighted by atomic mass is 9.77. The molecule has 3 aliphatic heterocycles. The first-order chi connectivity index (χ1) is 34.9. The van der Waals surface area contributed by atoms with Crippen molar-refractivity contribution in [1.29, 1.82) is 0 Å². The van der Waals surface area contributed by atoms with Gasteiger partial charge in [0.1, 0.15) is 54.7 Å². The maximum atomic E-state index is 13.4. The number of unbranched alkanes of at least 4 members (excludes halogenated alkanes) is 5. The van der Waals surface area contributed by atoms with E-state index >= 15 is 0 Å². The summed E-state index contributed by atoms with van der Waals surface area (Å²) in [5.41, 5.74) is 1.27. The fraction of sp³-hybridized carbons (Fsp3) is 0.426. The van der Waals surface area contributed by atoms with E-state index in [1.165, 1.54) is 18.2 Å². The molecule has 0 bridgehead atoms. The number of benzene rings is 4. The maximum Gasteiger partial charge on any atom is 0.411 e. The number of urea groups is 1. The Bertz CT molecular complexity index is 2750. The van der Waals surface area contributed by atoms with Crippen LogP contribution < -0.4 is 44.6 Å². The standard InChI is InChI=1S/C47H55N3O21P2/c1-2-3-4-5-6-9-20-64-37-23-27(12-17-34(37)69-73(61,62)71-41-38(51)39(52)42(68-57)43(40(41)53)70-72(58,59)60)26-65-46(56)49-29-14-16-33-36(25-29)66-35-24-28(48-45(55)50-18-21-63-22-19-50)13-15-32(35)47(33)31-11-8-7-10-30(31)44(54)67-47/h7-8,10-17,23-25,38-43,51-53,57H,2-6,9,18-22,26H2,1H3,(H,48,55)(H,49,56)(H,61,62)(H2,58,59,60)/p-4/t38-,39+,40+,41-,42-,43-,47?/m1/s1. The number of morpholine rings is 1. The monoisotopic (exact) mass is 1060 g/mol. The number of anilines is 2. The molecule has 5 N–H and O–H groups in total. The molecule has 2 unspecified atom stereocenters. The largest absolute Gasteiger partial charge is 0.790 e. The van der Waals surface area contributed by atoms with Crippen molar-refractivity contribution in [2.45, 2.75) is 94.3 Å². The number of rotatable bonds is 19. The maximum absolute atomic E-state index is 13.4. The summed E-state index contributed by atoms with van der Waals surface area (Å²) < 4.78 is 68.2. The Morgan fingerprint density at radius 3 is 2.11 bits per heavy atom. The van der Waals surface area contributed by atoms with Gasteiger partial charge >= 0.3 is 25.9 Å². The number of hydrogen-bond donors (Lipinski definition) is 5. The molecule has 1 aliphatic carbocycles. The van der Waals surface area contributed by atoms with Crippen LogP contribution in [0.3, 0.4) is 0 Å². The summed E-state index contributed by atoms with van der Waals surface area (Å²) in [7, 11) is -11.7. The minimum absolute atomic E-state index is 0.0743. The first kappa shape index (κ1) is 53.6. The average Bonchev–Trinajstić information content (AvgIpc) is 3.65. The predicted octanol–water partition coefficient (Wildman–Crippen LogP) is 2.81. The van der Waals surface area contributed by atoms with Crippen LogP contribution in [0.25, 0.3) is 0 Å². The van der Waals surface area contributed by atoms with Gasteiger partial charge in [0, 0.05) is 53.3 Å². The van der Waals surface area contributed by atoms with Gasteiger partial charge in [-0.05, 0) is 54.4 Å². The molecule has 4 aromatic carbocycles. The number of phosphoric acid groups is 2. The summed E-state index contributed by atoms with van der Waals surface area (Å²) in [6.45, 7) is 3.39. The molecule has 394 valence electrons. The Morgan fingerprint density at radius 1 is 0.767 bits per heavy atom. The molecule has 2 fully saturated rings. The molecule has 4 aliphatic rings. The van der Waals surface area contributed by atoms with E-state index in [1.807, 2.05) is 0 Å². The molecule has 3 heterocycles. The first-order valence-corrected chi connectivity index (χ1v) is 26.2. The van der Waals surface area contributed by atoms with Gasteiger partial charge in [-0.25, -0.2) is 14.4 Å². The first-order valence-electron chi connectivity index (χ1n) is 23.3. The Morgan fingerprint density at radius 2 is 1.42 bits per heavy atom. The summed E-state index contributed by atoms with van der Waals surface area (Å²) in [4.78, 5) is 81.1. The van der Waals surface area contributed by atoms with Gasteiger partial charge in [-0.2, -0.15) is 0 Å². The zero-order valence-corrected chi connectivity index (χ0v) is 40.8. The predicted molar refractivity (Wildman–Crippen MR) is 244 cm³/mol. The number of nitrogens with one attached hydrogen (secondary N) is 2. The molecule has 0 radical (unpaired) electrons. The molecular formula is C47H51N3O21P2-4. The summed E-state index contributed by atoms with van der Waals surface area (Å²) in [5, 5.41) is 48.4. The molecule has 73 heavy (non-hydrogen) atoms. The number of nitrogens with zero attached hydrogens (tertiary/aromatic N) is 1. The Kier molecular flexibility index (Phi) is 16.8. The molecule has 1 spiro atoms. The van der Waals surface area contributed by atoms with Crippen molar-refractivity contribution in [2.75, 3.05) is 43.5 Å². The Balaban J connectivity index is 0.981. The summed E-state index contributed by atoms with van der Waals surface area (Å²) in [6, 6.07) is 20.1. The highest BCUT2D eigenvalue weighted by atomic mass is 31.2. The average molecular weight is 1060 g/mol. The number of esters is 1. The second-order valence-corrected chi connectivity index (χ2v) is 19.8. The number of hydrogen-bond acceptors (Lipinski definition) is 21. The van der Waals surface area contributed by atoms with Crippen molar-refractivity contribution in [3.63, 3.8) is 0 Å². The minimum atomic E-state index is -5.99. The lowest BCUT2D eigenvalue weighted by molar-refractivity contribution is -0.710. The number of carbonyl (C=O) groups is 3. The van der Waals surface area contributed by atoms with Crippen LogP contribution >= 0.6 is 15.6 Å². The van der Waals surface area contributed by atoms with Crippen molar-refractivity contribution in [3.8, 4) is 23.0 Å². The molecule has 3 amide bonds. The van der Waals surface area contributed by atoms with Gasteiger partial charge in [-0.1, -0.05) is 63.3 Å². The smallest absolute Gasteiger partial charge is 0.411 e. The number of aliphatic hydroxyl groups is 3. The van der Waals surface area contributed by atoms with E-state index in [-0.39, 0.29) is 41.1 Å². The molecule has 24 nitrogen and oxygen atoms in total. The van der Waals surface area contributed by atoms with Gasteiger partial charge in [-0.15, -0.1) is 0 Å². The van der Waals surface area contributed by atoms with Gasteiger partial charge < -0.3 is 92.2 Å². The minimum Gasteiger partial charge on any atom is -0.790 e. The van der Waals surface area contributed by atoms with Crippen LogP contribution in [0.2, 0.25) is 0 Å². The third-order valence-electron chi connectivity index (χ3n) is 12.5. The van der Waals surface area contributed by atoms with Crippen LogP contribution in [0.1, 0.15) is 78.1 Å². The van der Waals surface area contributed by atoms with Gasteiger partial charge in [0.05, 0.1) is 33.2 Å². The highest BCUT2D eigenvalue weighted by molar-refractivity contribution is 7.46. The lowest BCUT2D eigenvalue weighted by Gasteiger charge is -2.49. The lowest BCUT2D eigenvalue weighted by Crippen LogP contribution is -2.66. The number of aliphatic hydroxyl groups excluding tert-OH is 3. The van der Waals surface area contributed by atoms with E-state index in [2.05, 4.69) is 27.0 Å². The number of fused-ring (bicyclic) bond motifs is 6. The number of carbonyl (C=O) groups excluding carboxylic acids is 3. The summed E-state index contributed by atoms with van der Waals surface area (Å²) in [6.07, 6.45) is -10.3. The third kappa shape index (κ3) is 12.1. The normalized spacial score (nSPS) is 24.0. The van der Waals surface area contributed by atoms with E-state index in [9.17, 15) is 58.8 Å². The quantitative estimate of drug-likeness (QED) is 0.0296. The summed E-state index contributed by atoms with van der Waals surface area (Å²) >= 11 is 0. The van der Waals surface area contributed by atoms with Crippen molar-refractivity contribution >= 4 is 45.1 Å². The fourth-order valence-electron chi connectivity index (χ4n) is 8.96. The molecule has 4 aromatic rings. The van der Waals surface area contributed by atoms with Crippen molar-refractivity contribution in [1.82, 2.24) is 4.90 Å². The van der Waals surface area contributed by atoms with Crippen LogP contribution in [0, 0.1) is 0 Å². The molecule has 1 saturated carbocycles. The van der Waals surface area contributed by atoms with Crippen LogP contribution in [0.5, 0.6) is 23.0 Å². The van der Waals surface area contributed by atoms with Crippen LogP contribution in [0.15, 0.2) is 78.9 Å². The highest BCUT2D eigenvalue weighted by Crippen LogP contribution is 2.57. The third-order valence-corrected chi connectivity index (χ3v) is 13.9. The van der Waals surface area contributed by atoms with E-state index in [0.717, 1.165) is 38.2 Å². The second kappa shape index (κ2) is 22.8. The van der Waals surface area contributed by atoms with Crippen LogP contribution in [-0.4, -0.2) is 108 Å².